The lowest BCUT2D eigenvalue weighted by atomic mass is 10.2. The summed E-state index contributed by atoms with van der Waals surface area (Å²) in [5.41, 5.74) is 0.725. The van der Waals surface area contributed by atoms with Gasteiger partial charge < -0.3 is 29.9 Å². The molecular weight excluding hydrogens is 336 g/mol. The highest BCUT2D eigenvalue weighted by Gasteiger charge is 2.32. The number of nitrogens with one attached hydrogen (secondary N) is 2. The lowest BCUT2D eigenvalue weighted by Crippen LogP contribution is -2.43. The Morgan fingerprint density at radius 3 is 2.65 bits per heavy atom. The molecule has 1 aromatic carbocycles. The fraction of sp³-hybridized carbons (Fsp3) is 0.556. The highest BCUT2D eigenvalue weighted by Crippen LogP contribution is 2.33. The van der Waals surface area contributed by atoms with E-state index in [2.05, 4.69) is 15.5 Å². The van der Waals surface area contributed by atoms with E-state index in [0.717, 1.165) is 18.7 Å². The lowest BCUT2D eigenvalue weighted by molar-refractivity contribution is -0.117. The second kappa shape index (κ2) is 9.28. The fourth-order valence-electron chi connectivity index (χ4n) is 2.88. The van der Waals surface area contributed by atoms with Crippen LogP contribution in [0, 0.1) is 0 Å². The quantitative estimate of drug-likeness (QED) is 0.674. The van der Waals surface area contributed by atoms with Crippen molar-refractivity contribution >= 4 is 17.6 Å². The zero-order valence-corrected chi connectivity index (χ0v) is 15.9. The summed E-state index contributed by atoms with van der Waals surface area (Å²) in [5, 5.41) is 5.69. The van der Waals surface area contributed by atoms with E-state index in [1.807, 2.05) is 20.2 Å². The van der Waals surface area contributed by atoms with Crippen molar-refractivity contribution in [1.82, 2.24) is 15.5 Å². The van der Waals surface area contributed by atoms with Crippen LogP contribution in [-0.4, -0.2) is 70.8 Å². The van der Waals surface area contributed by atoms with Crippen molar-refractivity contribution in [3.05, 3.63) is 18.2 Å². The molecule has 0 spiro atoms. The second-order valence-corrected chi connectivity index (χ2v) is 6.50. The number of anilines is 1. The van der Waals surface area contributed by atoms with E-state index in [1.54, 1.807) is 31.3 Å². The van der Waals surface area contributed by atoms with E-state index < -0.39 is 0 Å². The summed E-state index contributed by atoms with van der Waals surface area (Å²) in [6, 6.07) is 4.88. The van der Waals surface area contributed by atoms with Gasteiger partial charge in [-0.3, -0.25) is 4.79 Å². The van der Waals surface area contributed by atoms with Crippen LogP contribution >= 0.6 is 0 Å². The maximum atomic E-state index is 12.3. The summed E-state index contributed by atoms with van der Waals surface area (Å²) in [6.45, 7) is 1.94. The number of benzene rings is 1. The van der Waals surface area contributed by atoms with Crippen molar-refractivity contribution in [3.8, 4) is 11.5 Å². The molecule has 8 heteroatoms. The zero-order valence-electron chi connectivity index (χ0n) is 15.9. The third kappa shape index (κ3) is 5.26. The first kappa shape index (κ1) is 19.8. The summed E-state index contributed by atoms with van der Waals surface area (Å²) >= 11 is 0. The van der Waals surface area contributed by atoms with Gasteiger partial charge in [-0.2, -0.15) is 0 Å². The smallest absolute Gasteiger partial charge is 0.315 e. The zero-order chi connectivity index (χ0) is 19.1. The van der Waals surface area contributed by atoms with Crippen LogP contribution in [0.1, 0.15) is 12.8 Å². The maximum absolute atomic E-state index is 12.3. The summed E-state index contributed by atoms with van der Waals surface area (Å²) in [4.78, 5) is 28.0. The minimum absolute atomic E-state index is 0.0323. The molecule has 0 aliphatic carbocycles. The molecule has 1 saturated heterocycles. The molecule has 1 aliphatic rings. The summed E-state index contributed by atoms with van der Waals surface area (Å²) in [6.07, 6.45) is 1.15. The van der Waals surface area contributed by atoms with Crippen molar-refractivity contribution in [1.29, 1.82) is 0 Å². The Labute approximate surface area is 154 Å². The third-order valence-electron chi connectivity index (χ3n) is 4.21. The molecule has 1 heterocycles. The Bertz CT molecular complexity index is 636. The number of amides is 3. The van der Waals surface area contributed by atoms with Gasteiger partial charge in [-0.05, 0) is 39.2 Å². The highest BCUT2D eigenvalue weighted by molar-refractivity contribution is 5.97. The Kier molecular flexibility index (Phi) is 7.08. The van der Waals surface area contributed by atoms with Gasteiger partial charge in [0.05, 0.1) is 20.3 Å². The normalized spacial score (nSPS) is 16.7. The Morgan fingerprint density at radius 2 is 2.00 bits per heavy atom. The Balaban J connectivity index is 1.89. The van der Waals surface area contributed by atoms with Crippen LogP contribution in [0.3, 0.4) is 0 Å². The predicted molar refractivity (Wildman–Crippen MR) is 100 cm³/mol. The number of methoxy groups -OCH3 is 2. The maximum Gasteiger partial charge on any atom is 0.315 e. The van der Waals surface area contributed by atoms with Gasteiger partial charge >= 0.3 is 6.03 Å². The van der Waals surface area contributed by atoms with E-state index in [1.165, 1.54) is 0 Å². The molecule has 1 aliphatic heterocycles. The van der Waals surface area contributed by atoms with E-state index in [9.17, 15) is 9.59 Å². The topological polar surface area (TPSA) is 83.1 Å². The van der Waals surface area contributed by atoms with Crippen LogP contribution in [0.5, 0.6) is 11.5 Å². The average Bonchev–Trinajstić information content (AvgIpc) is 2.98. The summed E-state index contributed by atoms with van der Waals surface area (Å²) < 4.78 is 10.5. The first-order valence-electron chi connectivity index (χ1n) is 8.66. The molecule has 144 valence electrons. The van der Waals surface area contributed by atoms with Crippen molar-refractivity contribution in [2.45, 2.75) is 18.9 Å². The predicted octanol–water partition coefficient (Wildman–Crippen LogP) is 1.06. The van der Waals surface area contributed by atoms with Gasteiger partial charge in [-0.1, -0.05) is 0 Å². The second-order valence-electron chi connectivity index (χ2n) is 6.50. The number of ether oxygens (including phenoxy) is 2. The van der Waals surface area contributed by atoms with Gasteiger partial charge in [0.1, 0.15) is 0 Å². The van der Waals surface area contributed by atoms with Gasteiger partial charge in [-0.15, -0.1) is 0 Å². The number of carbonyl (C=O) groups excluding carboxylic acids is 2. The standard InChI is InChI=1S/C18H28N4O4/c1-21(2)9-5-8-19-18(24)20-13-10-17(23)22(12-13)14-6-7-15(25-3)16(11-14)26-4/h6-7,11,13H,5,8-10,12H2,1-4H3,(H2,19,20,24). The highest BCUT2D eigenvalue weighted by atomic mass is 16.5. The van der Waals surface area contributed by atoms with Crippen LogP contribution in [0.4, 0.5) is 10.5 Å². The van der Waals surface area contributed by atoms with E-state index in [-0.39, 0.29) is 24.4 Å². The Morgan fingerprint density at radius 1 is 1.27 bits per heavy atom. The molecule has 2 N–H and O–H groups in total. The summed E-state index contributed by atoms with van der Waals surface area (Å²) in [7, 11) is 7.11. The first-order chi connectivity index (χ1) is 12.4. The molecule has 0 radical (unpaired) electrons. The van der Waals surface area contributed by atoms with Crippen molar-refractivity contribution in [2.75, 3.05) is 52.8 Å². The van der Waals surface area contributed by atoms with Gasteiger partial charge in [0.2, 0.25) is 5.91 Å². The fourth-order valence-corrected chi connectivity index (χ4v) is 2.88. The van der Waals surface area contributed by atoms with Crippen molar-refractivity contribution in [2.24, 2.45) is 0 Å². The van der Waals surface area contributed by atoms with Gasteiger partial charge in [0, 0.05) is 31.3 Å². The van der Waals surface area contributed by atoms with E-state index in [0.29, 0.717) is 24.6 Å². The molecule has 1 unspecified atom stereocenters. The molecule has 26 heavy (non-hydrogen) atoms. The molecule has 1 atom stereocenters. The van der Waals surface area contributed by atoms with Crippen LogP contribution in [-0.2, 0) is 4.79 Å². The van der Waals surface area contributed by atoms with E-state index in [4.69, 9.17) is 9.47 Å². The molecule has 0 aromatic heterocycles. The number of urea groups is 1. The average molecular weight is 364 g/mol. The number of hydrogen-bond donors (Lipinski definition) is 2. The number of rotatable bonds is 8. The Hall–Kier alpha value is -2.48. The van der Waals surface area contributed by atoms with E-state index >= 15 is 0 Å². The molecule has 1 fully saturated rings. The molecule has 8 nitrogen and oxygen atoms in total. The van der Waals surface area contributed by atoms with Gasteiger partial charge in [-0.25, -0.2) is 4.79 Å². The number of carbonyl (C=O) groups is 2. The molecule has 1 aromatic rings. The molecule has 0 saturated carbocycles. The summed E-state index contributed by atoms with van der Waals surface area (Å²) in [5.74, 6) is 1.14. The van der Waals surface area contributed by atoms with Crippen LogP contribution < -0.4 is 25.0 Å². The molecule has 2 rings (SSSR count). The molecular formula is C18H28N4O4. The number of nitrogens with zero attached hydrogens (tertiary/aromatic N) is 2. The SMILES string of the molecule is COc1ccc(N2CC(NC(=O)NCCCN(C)C)CC2=O)cc1OC. The number of hydrogen-bond acceptors (Lipinski definition) is 5. The van der Waals surface area contributed by atoms with Crippen LogP contribution in [0.2, 0.25) is 0 Å². The molecule has 0 bridgehead atoms. The monoisotopic (exact) mass is 364 g/mol. The van der Waals surface area contributed by atoms with Crippen molar-refractivity contribution in [3.63, 3.8) is 0 Å². The van der Waals surface area contributed by atoms with Gasteiger partial charge in [0.25, 0.3) is 0 Å². The van der Waals surface area contributed by atoms with Crippen LogP contribution in [0.15, 0.2) is 18.2 Å². The largest absolute Gasteiger partial charge is 0.493 e. The minimum atomic E-state index is -0.240. The third-order valence-corrected chi connectivity index (χ3v) is 4.21. The van der Waals surface area contributed by atoms with Crippen LogP contribution in [0.25, 0.3) is 0 Å². The minimum Gasteiger partial charge on any atom is -0.493 e. The van der Waals surface area contributed by atoms with Crippen molar-refractivity contribution < 1.29 is 19.1 Å². The lowest BCUT2D eigenvalue weighted by Gasteiger charge is -2.19. The molecule has 3 amide bonds. The van der Waals surface area contributed by atoms with Gasteiger partial charge in [0.15, 0.2) is 11.5 Å². The first-order valence-corrected chi connectivity index (χ1v) is 8.66.